The molecule has 1 aromatic heterocycles. The van der Waals surface area contributed by atoms with Gasteiger partial charge in [-0.15, -0.1) is 0 Å². The Balaban J connectivity index is 2.01. The molecule has 1 heterocycles. The van der Waals surface area contributed by atoms with Crippen LogP contribution in [0.25, 0.3) is 0 Å². The zero-order valence-corrected chi connectivity index (χ0v) is 10.3. The van der Waals surface area contributed by atoms with Gasteiger partial charge in [0.2, 0.25) is 0 Å². The number of furan rings is 1. The molecule has 2 aromatic rings. The smallest absolute Gasteiger partial charge is 0.253 e. The average Bonchev–Trinajstić information content (AvgIpc) is 2.73. The number of halogens is 2. The zero-order chi connectivity index (χ0) is 12.3. The fraction of sp³-hybridized carbons (Fsp3) is 0.0833. The van der Waals surface area contributed by atoms with Crippen molar-refractivity contribution in [1.29, 1.82) is 0 Å². The van der Waals surface area contributed by atoms with Gasteiger partial charge in [0, 0.05) is 0 Å². The molecule has 0 fully saturated rings. The van der Waals surface area contributed by atoms with Gasteiger partial charge in [-0.2, -0.15) is 0 Å². The van der Waals surface area contributed by atoms with E-state index in [4.69, 9.17) is 27.6 Å². The molecule has 0 radical (unpaired) electrons. The van der Waals surface area contributed by atoms with E-state index in [1.807, 2.05) is 0 Å². The molecule has 1 aromatic carbocycles. The monoisotopic (exact) mass is 269 g/mol. The first-order chi connectivity index (χ1) is 8.16. The summed E-state index contributed by atoms with van der Waals surface area (Å²) in [7, 11) is 0. The first-order valence-corrected chi connectivity index (χ1v) is 5.69. The van der Waals surface area contributed by atoms with Crippen LogP contribution in [-0.4, -0.2) is 5.91 Å². The highest BCUT2D eigenvalue weighted by molar-refractivity contribution is 6.33. The number of hydrogen-bond acceptors (Lipinski definition) is 2. The molecule has 3 nitrogen and oxygen atoms in total. The Morgan fingerprint density at radius 1 is 1.18 bits per heavy atom. The van der Waals surface area contributed by atoms with E-state index in [0.29, 0.717) is 21.6 Å². The van der Waals surface area contributed by atoms with E-state index >= 15 is 0 Å². The van der Waals surface area contributed by atoms with Crippen LogP contribution in [0.15, 0.2) is 40.8 Å². The van der Waals surface area contributed by atoms with Gasteiger partial charge in [0.1, 0.15) is 5.76 Å². The lowest BCUT2D eigenvalue weighted by Gasteiger charge is -2.04. The predicted octanol–water partition coefficient (Wildman–Crippen LogP) is 3.52. The first kappa shape index (κ1) is 12.0. The van der Waals surface area contributed by atoms with E-state index in [9.17, 15) is 4.79 Å². The maximum absolute atomic E-state index is 11.8. The Morgan fingerprint density at radius 3 is 2.59 bits per heavy atom. The van der Waals surface area contributed by atoms with Crippen molar-refractivity contribution >= 4 is 29.1 Å². The van der Waals surface area contributed by atoms with Crippen LogP contribution in [0, 0.1) is 0 Å². The van der Waals surface area contributed by atoms with Crippen molar-refractivity contribution in [3.05, 3.63) is 58.0 Å². The van der Waals surface area contributed by atoms with Crippen LogP contribution in [0.2, 0.25) is 10.2 Å². The van der Waals surface area contributed by atoms with Gasteiger partial charge in [0.15, 0.2) is 5.22 Å². The third-order valence-corrected chi connectivity index (χ3v) is 2.70. The topological polar surface area (TPSA) is 42.2 Å². The van der Waals surface area contributed by atoms with Gasteiger partial charge in [0.05, 0.1) is 17.1 Å². The van der Waals surface area contributed by atoms with E-state index < -0.39 is 0 Å². The van der Waals surface area contributed by atoms with Gasteiger partial charge < -0.3 is 9.73 Å². The summed E-state index contributed by atoms with van der Waals surface area (Å²) in [4.78, 5) is 11.8. The molecule has 0 saturated carbocycles. The minimum Gasteiger partial charge on any atom is -0.448 e. The van der Waals surface area contributed by atoms with E-state index in [1.54, 1.807) is 36.4 Å². The van der Waals surface area contributed by atoms with Crippen molar-refractivity contribution < 1.29 is 9.21 Å². The summed E-state index contributed by atoms with van der Waals surface area (Å²) in [6.07, 6.45) is 0. The molecule has 0 atom stereocenters. The number of hydrogen-bond donors (Lipinski definition) is 1. The Morgan fingerprint density at radius 2 is 1.94 bits per heavy atom. The maximum atomic E-state index is 11.8. The highest BCUT2D eigenvalue weighted by Crippen LogP contribution is 2.16. The highest BCUT2D eigenvalue weighted by Gasteiger charge is 2.09. The summed E-state index contributed by atoms with van der Waals surface area (Å²) in [5, 5.41) is 3.41. The van der Waals surface area contributed by atoms with Crippen molar-refractivity contribution in [3.8, 4) is 0 Å². The summed E-state index contributed by atoms with van der Waals surface area (Å²) >= 11 is 11.5. The molecule has 17 heavy (non-hydrogen) atoms. The van der Waals surface area contributed by atoms with Crippen LogP contribution < -0.4 is 5.32 Å². The number of carbonyl (C=O) groups is 1. The van der Waals surface area contributed by atoms with Crippen molar-refractivity contribution in [2.45, 2.75) is 6.54 Å². The van der Waals surface area contributed by atoms with Gasteiger partial charge in [-0.1, -0.05) is 23.7 Å². The Kier molecular flexibility index (Phi) is 3.71. The fourth-order valence-electron chi connectivity index (χ4n) is 1.35. The lowest BCUT2D eigenvalue weighted by Crippen LogP contribution is -2.22. The molecule has 88 valence electrons. The van der Waals surface area contributed by atoms with Crippen LogP contribution in [0.4, 0.5) is 0 Å². The molecule has 0 bridgehead atoms. The molecule has 0 aliphatic carbocycles. The number of amides is 1. The second-order valence-corrected chi connectivity index (χ2v) is 4.15. The summed E-state index contributed by atoms with van der Waals surface area (Å²) < 4.78 is 5.12. The lowest BCUT2D eigenvalue weighted by molar-refractivity contribution is 0.0948. The van der Waals surface area contributed by atoms with Crippen LogP contribution >= 0.6 is 23.2 Å². The van der Waals surface area contributed by atoms with Crippen molar-refractivity contribution in [2.24, 2.45) is 0 Å². The third-order valence-electron chi connectivity index (χ3n) is 2.17. The molecule has 0 unspecified atom stereocenters. The molecule has 5 heteroatoms. The molecule has 2 rings (SSSR count). The van der Waals surface area contributed by atoms with Crippen LogP contribution in [0.1, 0.15) is 16.1 Å². The number of nitrogens with one attached hydrogen (secondary N) is 1. The largest absolute Gasteiger partial charge is 0.448 e. The van der Waals surface area contributed by atoms with Gasteiger partial charge in [-0.05, 0) is 35.9 Å². The number of carbonyl (C=O) groups excluding carboxylic acids is 1. The van der Waals surface area contributed by atoms with Crippen LogP contribution in [0.5, 0.6) is 0 Å². The van der Waals surface area contributed by atoms with Gasteiger partial charge in [0.25, 0.3) is 5.91 Å². The van der Waals surface area contributed by atoms with Gasteiger partial charge in [-0.25, -0.2) is 0 Å². The molecule has 0 spiro atoms. The van der Waals surface area contributed by atoms with Crippen molar-refractivity contribution in [2.75, 3.05) is 0 Å². The number of benzene rings is 1. The summed E-state index contributed by atoms with van der Waals surface area (Å²) in [5.41, 5.74) is 0.437. The van der Waals surface area contributed by atoms with E-state index in [-0.39, 0.29) is 12.5 Å². The van der Waals surface area contributed by atoms with E-state index in [1.165, 1.54) is 0 Å². The summed E-state index contributed by atoms with van der Waals surface area (Å²) in [6.45, 7) is 0.275. The van der Waals surface area contributed by atoms with E-state index in [0.717, 1.165) is 0 Å². The summed E-state index contributed by atoms with van der Waals surface area (Å²) in [5.74, 6) is 0.346. The average molecular weight is 270 g/mol. The minimum atomic E-state index is -0.247. The second kappa shape index (κ2) is 5.25. The van der Waals surface area contributed by atoms with E-state index in [2.05, 4.69) is 5.32 Å². The maximum Gasteiger partial charge on any atom is 0.253 e. The molecule has 0 saturated heterocycles. The SMILES string of the molecule is O=C(NCc1ccc(Cl)o1)c1ccccc1Cl. The lowest BCUT2D eigenvalue weighted by atomic mass is 10.2. The summed E-state index contributed by atoms with van der Waals surface area (Å²) in [6, 6.07) is 10.2. The Labute approximate surface area is 108 Å². The normalized spacial score (nSPS) is 10.2. The molecular formula is C12H9Cl2NO2. The Hall–Kier alpha value is -1.45. The highest BCUT2D eigenvalue weighted by atomic mass is 35.5. The molecular weight excluding hydrogens is 261 g/mol. The molecule has 0 aliphatic heterocycles. The second-order valence-electron chi connectivity index (χ2n) is 3.37. The molecule has 1 amide bonds. The fourth-order valence-corrected chi connectivity index (χ4v) is 1.74. The van der Waals surface area contributed by atoms with Gasteiger partial charge >= 0.3 is 0 Å². The minimum absolute atomic E-state index is 0.247. The zero-order valence-electron chi connectivity index (χ0n) is 8.74. The number of rotatable bonds is 3. The quantitative estimate of drug-likeness (QED) is 0.927. The Bertz CT molecular complexity index is 537. The predicted molar refractivity (Wildman–Crippen MR) is 66.3 cm³/mol. The van der Waals surface area contributed by atoms with Crippen molar-refractivity contribution in [1.82, 2.24) is 5.32 Å². The third kappa shape index (κ3) is 3.02. The standard InChI is InChI=1S/C12H9Cl2NO2/c13-10-4-2-1-3-9(10)12(16)15-7-8-5-6-11(14)17-8/h1-6H,7H2,(H,15,16). The van der Waals surface area contributed by atoms with Crippen molar-refractivity contribution in [3.63, 3.8) is 0 Å². The van der Waals surface area contributed by atoms with Crippen LogP contribution in [-0.2, 0) is 6.54 Å². The molecule has 1 N–H and O–H groups in total. The van der Waals surface area contributed by atoms with Crippen LogP contribution in [0.3, 0.4) is 0 Å². The first-order valence-electron chi connectivity index (χ1n) is 4.94. The van der Waals surface area contributed by atoms with Gasteiger partial charge in [-0.3, -0.25) is 4.79 Å². The molecule has 0 aliphatic rings.